The number of hydrogen-bond donors (Lipinski definition) is 1. The molecule has 1 heterocycles. The fourth-order valence-electron chi connectivity index (χ4n) is 2.66. The van der Waals surface area contributed by atoms with Crippen molar-refractivity contribution in [3.8, 4) is 0 Å². The Labute approximate surface area is 126 Å². The largest absolute Gasteiger partial charge is 0.354 e. The Kier molecular flexibility index (Phi) is 5.44. The normalized spacial score (nSPS) is 20.1. The zero-order valence-electron chi connectivity index (χ0n) is 12.2. The van der Waals surface area contributed by atoms with Crippen LogP contribution in [0.15, 0.2) is 24.3 Å². The van der Waals surface area contributed by atoms with Crippen molar-refractivity contribution in [2.75, 3.05) is 13.1 Å². The zero-order valence-corrected chi connectivity index (χ0v) is 13.0. The third kappa shape index (κ3) is 4.50. The number of likely N-dealkylation sites (tertiary alicyclic amines) is 1. The maximum Gasteiger partial charge on any atom is 0.224 e. The molecule has 110 valence electrons. The summed E-state index contributed by atoms with van der Waals surface area (Å²) in [5, 5.41) is 3.79. The van der Waals surface area contributed by atoms with Crippen LogP contribution in [0.2, 0.25) is 5.02 Å². The summed E-state index contributed by atoms with van der Waals surface area (Å²) in [6, 6.07) is 8.17. The highest BCUT2D eigenvalue weighted by atomic mass is 35.5. The van der Waals surface area contributed by atoms with Crippen LogP contribution in [0.4, 0.5) is 0 Å². The lowest BCUT2D eigenvalue weighted by Crippen LogP contribution is -2.44. The van der Waals surface area contributed by atoms with Gasteiger partial charge in [-0.2, -0.15) is 0 Å². The number of hydrogen-bond acceptors (Lipinski definition) is 2. The number of piperidine rings is 1. The van der Waals surface area contributed by atoms with Crippen LogP contribution in [-0.2, 0) is 11.3 Å². The van der Waals surface area contributed by atoms with Crippen LogP contribution in [0.5, 0.6) is 0 Å². The highest BCUT2D eigenvalue weighted by Gasteiger charge is 2.25. The molecule has 0 saturated carbocycles. The van der Waals surface area contributed by atoms with Crippen LogP contribution in [0, 0.1) is 5.92 Å². The molecule has 0 spiro atoms. The predicted octanol–water partition coefficient (Wildman–Crippen LogP) is 3.08. The van der Waals surface area contributed by atoms with Gasteiger partial charge in [-0.15, -0.1) is 0 Å². The van der Waals surface area contributed by atoms with Gasteiger partial charge in [0.05, 0.1) is 5.92 Å². The van der Waals surface area contributed by atoms with Crippen LogP contribution in [-0.4, -0.2) is 29.9 Å². The lowest BCUT2D eigenvalue weighted by Gasteiger charge is -2.32. The van der Waals surface area contributed by atoms with Gasteiger partial charge in [-0.25, -0.2) is 0 Å². The first-order valence-corrected chi connectivity index (χ1v) is 7.69. The molecule has 0 aromatic heterocycles. The lowest BCUT2D eigenvalue weighted by atomic mass is 9.96. The number of carbonyl (C=O) groups is 1. The lowest BCUT2D eigenvalue weighted by molar-refractivity contribution is -0.127. The third-order valence-corrected chi connectivity index (χ3v) is 3.88. The quantitative estimate of drug-likeness (QED) is 0.925. The van der Waals surface area contributed by atoms with Crippen molar-refractivity contribution >= 4 is 17.5 Å². The second-order valence-corrected chi connectivity index (χ2v) is 6.30. The number of nitrogens with one attached hydrogen (secondary N) is 1. The van der Waals surface area contributed by atoms with Gasteiger partial charge >= 0.3 is 0 Å². The molecular formula is C16H23ClN2O. The van der Waals surface area contributed by atoms with Gasteiger partial charge in [0, 0.05) is 24.2 Å². The minimum absolute atomic E-state index is 0.124. The van der Waals surface area contributed by atoms with Crippen LogP contribution in [0.3, 0.4) is 0 Å². The van der Waals surface area contributed by atoms with E-state index in [1.165, 1.54) is 5.56 Å². The number of carbonyl (C=O) groups excluding carboxylic acids is 1. The molecule has 1 aliphatic heterocycles. The summed E-state index contributed by atoms with van der Waals surface area (Å²) in [6.45, 7) is 6.82. The van der Waals surface area contributed by atoms with Crippen molar-refractivity contribution in [2.24, 2.45) is 5.92 Å². The van der Waals surface area contributed by atoms with Crippen molar-refractivity contribution in [1.29, 1.82) is 0 Å². The standard InChI is InChI=1S/C16H23ClN2O/c1-12(2)18-16(20)14-4-3-9-19(11-14)10-13-5-7-15(17)8-6-13/h5-8,12,14H,3-4,9-11H2,1-2H3,(H,18,20)/t14-/m1/s1. The van der Waals surface area contributed by atoms with E-state index in [1.54, 1.807) is 0 Å². The topological polar surface area (TPSA) is 32.3 Å². The molecule has 2 rings (SSSR count). The minimum Gasteiger partial charge on any atom is -0.354 e. The van der Waals surface area contributed by atoms with Gasteiger partial charge in [0.2, 0.25) is 5.91 Å². The van der Waals surface area contributed by atoms with Gasteiger partial charge in [0.25, 0.3) is 0 Å². The van der Waals surface area contributed by atoms with E-state index in [9.17, 15) is 4.79 Å². The van der Waals surface area contributed by atoms with E-state index in [0.29, 0.717) is 0 Å². The Morgan fingerprint density at radius 2 is 2.10 bits per heavy atom. The van der Waals surface area contributed by atoms with E-state index < -0.39 is 0 Å². The first-order chi connectivity index (χ1) is 9.54. The summed E-state index contributed by atoms with van der Waals surface area (Å²) in [6.07, 6.45) is 2.08. The van der Waals surface area contributed by atoms with Gasteiger partial charge in [-0.05, 0) is 50.9 Å². The van der Waals surface area contributed by atoms with Crippen molar-refractivity contribution < 1.29 is 4.79 Å². The molecule has 0 unspecified atom stereocenters. The van der Waals surface area contributed by atoms with Crippen molar-refractivity contribution in [3.63, 3.8) is 0 Å². The molecular weight excluding hydrogens is 272 g/mol. The summed E-state index contributed by atoms with van der Waals surface area (Å²) in [5.41, 5.74) is 1.25. The molecule has 0 radical (unpaired) electrons. The summed E-state index contributed by atoms with van der Waals surface area (Å²) in [4.78, 5) is 14.5. The first-order valence-electron chi connectivity index (χ1n) is 7.32. The molecule has 1 saturated heterocycles. The molecule has 0 aliphatic carbocycles. The molecule has 1 atom stereocenters. The molecule has 1 fully saturated rings. The first kappa shape index (κ1) is 15.3. The van der Waals surface area contributed by atoms with Gasteiger partial charge < -0.3 is 5.32 Å². The van der Waals surface area contributed by atoms with E-state index in [1.807, 2.05) is 26.0 Å². The predicted molar refractivity (Wildman–Crippen MR) is 82.7 cm³/mol. The van der Waals surface area contributed by atoms with E-state index >= 15 is 0 Å². The van der Waals surface area contributed by atoms with Crippen LogP contribution < -0.4 is 5.32 Å². The van der Waals surface area contributed by atoms with E-state index in [4.69, 9.17) is 11.6 Å². The monoisotopic (exact) mass is 294 g/mol. The number of nitrogens with zero attached hydrogens (tertiary/aromatic N) is 1. The van der Waals surface area contributed by atoms with E-state index in [-0.39, 0.29) is 17.9 Å². The van der Waals surface area contributed by atoms with Gasteiger partial charge in [0.1, 0.15) is 0 Å². The summed E-state index contributed by atoms with van der Waals surface area (Å²) >= 11 is 5.90. The van der Waals surface area contributed by atoms with E-state index in [0.717, 1.165) is 37.5 Å². The van der Waals surface area contributed by atoms with Gasteiger partial charge in [-0.1, -0.05) is 23.7 Å². The van der Waals surface area contributed by atoms with E-state index in [2.05, 4.69) is 22.3 Å². The summed E-state index contributed by atoms with van der Waals surface area (Å²) in [7, 11) is 0. The molecule has 1 aromatic carbocycles. The summed E-state index contributed by atoms with van der Waals surface area (Å²) < 4.78 is 0. The molecule has 1 amide bonds. The Morgan fingerprint density at radius 3 is 2.75 bits per heavy atom. The van der Waals surface area contributed by atoms with Crippen molar-refractivity contribution in [2.45, 2.75) is 39.3 Å². The SMILES string of the molecule is CC(C)NC(=O)[C@@H]1CCCN(Cc2ccc(Cl)cc2)C1. The average molecular weight is 295 g/mol. The zero-order chi connectivity index (χ0) is 14.5. The van der Waals surface area contributed by atoms with Crippen molar-refractivity contribution in [1.82, 2.24) is 10.2 Å². The number of amides is 1. The van der Waals surface area contributed by atoms with Crippen LogP contribution in [0.1, 0.15) is 32.3 Å². The highest BCUT2D eigenvalue weighted by Crippen LogP contribution is 2.19. The molecule has 1 aliphatic rings. The molecule has 20 heavy (non-hydrogen) atoms. The van der Waals surface area contributed by atoms with Crippen molar-refractivity contribution in [3.05, 3.63) is 34.9 Å². The maximum atomic E-state index is 12.1. The molecule has 3 nitrogen and oxygen atoms in total. The fourth-order valence-corrected chi connectivity index (χ4v) is 2.79. The number of halogens is 1. The maximum absolute atomic E-state index is 12.1. The molecule has 4 heteroatoms. The van der Waals surface area contributed by atoms with Gasteiger partial charge in [-0.3, -0.25) is 9.69 Å². The minimum atomic E-state index is 0.124. The number of rotatable bonds is 4. The third-order valence-electron chi connectivity index (χ3n) is 3.63. The Balaban J connectivity index is 1.90. The second-order valence-electron chi connectivity index (χ2n) is 5.86. The number of benzene rings is 1. The molecule has 1 N–H and O–H groups in total. The van der Waals surface area contributed by atoms with Gasteiger partial charge in [0.15, 0.2) is 0 Å². The molecule has 1 aromatic rings. The fraction of sp³-hybridized carbons (Fsp3) is 0.562. The Hall–Kier alpha value is -1.06. The smallest absolute Gasteiger partial charge is 0.224 e. The average Bonchev–Trinajstić information content (AvgIpc) is 2.41. The molecule has 0 bridgehead atoms. The Bertz CT molecular complexity index is 444. The highest BCUT2D eigenvalue weighted by molar-refractivity contribution is 6.30. The summed E-state index contributed by atoms with van der Waals surface area (Å²) in [5.74, 6) is 0.319. The second kappa shape index (κ2) is 7.09. The van der Waals surface area contributed by atoms with Crippen LogP contribution >= 0.6 is 11.6 Å². The van der Waals surface area contributed by atoms with Crippen LogP contribution in [0.25, 0.3) is 0 Å². The Morgan fingerprint density at radius 1 is 1.40 bits per heavy atom.